The molecular weight excluding hydrogens is 419 g/mol. The summed E-state index contributed by atoms with van der Waals surface area (Å²) in [7, 11) is 0. The van der Waals surface area contributed by atoms with E-state index in [2.05, 4.69) is 5.32 Å². The fourth-order valence-electron chi connectivity index (χ4n) is 3.70. The van der Waals surface area contributed by atoms with E-state index < -0.39 is 17.6 Å². The maximum atomic E-state index is 14.5. The number of halogens is 1. The second-order valence-corrected chi connectivity index (χ2v) is 8.26. The molecule has 33 heavy (non-hydrogen) atoms. The summed E-state index contributed by atoms with van der Waals surface area (Å²) in [5.41, 5.74) is 3.48. The molecule has 0 bridgehead atoms. The Bertz CT molecular complexity index is 1260. The molecule has 6 heteroatoms. The molecule has 3 aromatic carbocycles. The molecule has 2 amide bonds. The topological polar surface area (TPSA) is 58.6 Å². The van der Waals surface area contributed by atoms with Gasteiger partial charge in [-0.05, 0) is 80.8 Å². The molecule has 1 N–H and O–H groups in total. The fraction of sp³-hybridized carbons (Fsp3) is 0.185. The van der Waals surface area contributed by atoms with Gasteiger partial charge in [-0.3, -0.25) is 9.59 Å². The first-order chi connectivity index (χ1) is 15.8. The number of nitrogens with one attached hydrogen (secondary N) is 1. The van der Waals surface area contributed by atoms with E-state index in [1.165, 1.54) is 18.2 Å². The lowest BCUT2D eigenvalue weighted by Gasteiger charge is -2.16. The van der Waals surface area contributed by atoms with Gasteiger partial charge in [-0.1, -0.05) is 30.3 Å². The number of benzene rings is 3. The monoisotopic (exact) mass is 444 g/mol. The van der Waals surface area contributed by atoms with Gasteiger partial charge in [0.2, 0.25) is 0 Å². The molecule has 0 saturated heterocycles. The minimum absolute atomic E-state index is 0.0336. The van der Waals surface area contributed by atoms with Crippen molar-refractivity contribution in [3.05, 3.63) is 94.9 Å². The molecule has 1 aliphatic rings. The third kappa shape index (κ3) is 4.37. The Morgan fingerprint density at radius 3 is 2.21 bits per heavy atom. The van der Waals surface area contributed by atoms with Crippen molar-refractivity contribution in [2.24, 2.45) is 0 Å². The van der Waals surface area contributed by atoms with Crippen LogP contribution in [0.4, 0.5) is 15.8 Å². The predicted octanol–water partition coefficient (Wildman–Crippen LogP) is 5.63. The van der Waals surface area contributed by atoms with Gasteiger partial charge in [-0.25, -0.2) is 9.29 Å². The highest BCUT2D eigenvalue weighted by molar-refractivity contribution is 6.46. The number of anilines is 2. The summed E-state index contributed by atoms with van der Waals surface area (Å²) in [5.74, 6) is -1.13. The molecule has 0 unspecified atom stereocenters. The van der Waals surface area contributed by atoms with Gasteiger partial charge in [0, 0.05) is 5.69 Å². The third-order valence-corrected chi connectivity index (χ3v) is 5.47. The molecule has 0 fully saturated rings. The summed E-state index contributed by atoms with van der Waals surface area (Å²) in [6.45, 7) is 7.79. The highest BCUT2D eigenvalue weighted by Crippen LogP contribution is 2.35. The van der Waals surface area contributed by atoms with Gasteiger partial charge in [0.1, 0.15) is 17.3 Å². The summed E-state index contributed by atoms with van der Waals surface area (Å²) in [6, 6.07) is 18.4. The number of hydrogen-bond donors (Lipinski definition) is 1. The molecule has 0 aliphatic carbocycles. The number of amides is 2. The van der Waals surface area contributed by atoms with Gasteiger partial charge < -0.3 is 10.1 Å². The number of aryl methyl sites for hydroxylation is 2. The average molecular weight is 445 g/mol. The summed E-state index contributed by atoms with van der Waals surface area (Å²) in [5, 5.41) is 3.09. The molecule has 1 aliphatic heterocycles. The van der Waals surface area contributed by atoms with Crippen LogP contribution in [0.1, 0.15) is 30.5 Å². The van der Waals surface area contributed by atoms with Crippen molar-refractivity contribution in [3.8, 4) is 5.75 Å². The molecule has 1 heterocycles. The van der Waals surface area contributed by atoms with Crippen LogP contribution in [-0.2, 0) is 9.59 Å². The van der Waals surface area contributed by atoms with Gasteiger partial charge >= 0.3 is 0 Å². The minimum Gasteiger partial charge on any atom is -0.491 e. The maximum Gasteiger partial charge on any atom is 0.282 e. The molecule has 0 saturated carbocycles. The number of rotatable bonds is 6. The van der Waals surface area contributed by atoms with Crippen LogP contribution < -0.4 is 15.0 Å². The van der Waals surface area contributed by atoms with E-state index in [0.717, 1.165) is 16.0 Å². The lowest BCUT2D eigenvalue weighted by atomic mass is 9.99. The van der Waals surface area contributed by atoms with E-state index >= 15 is 0 Å². The lowest BCUT2D eigenvalue weighted by molar-refractivity contribution is -0.120. The standard InChI is InChI=1S/C27H25FN2O3/c1-16(2)33-21-13-11-20(12-14-21)29-25-24(19-10-9-17(3)18(4)15-19)26(31)30(27(25)32)23-8-6-5-7-22(23)28/h5-16,29H,1-4H3. The van der Waals surface area contributed by atoms with E-state index in [1.807, 2.05) is 39.8 Å². The second kappa shape index (κ2) is 8.90. The highest BCUT2D eigenvalue weighted by Gasteiger charge is 2.41. The average Bonchev–Trinajstić information content (AvgIpc) is 3.01. The van der Waals surface area contributed by atoms with Crippen LogP contribution in [0.25, 0.3) is 5.57 Å². The largest absolute Gasteiger partial charge is 0.491 e. The van der Waals surface area contributed by atoms with E-state index in [9.17, 15) is 14.0 Å². The Kier molecular flexibility index (Phi) is 6.01. The van der Waals surface area contributed by atoms with Crippen LogP contribution in [0.5, 0.6) is 5.75 Å². The lowest BCUT2D eigenvalue weighted by Crippen LogP contribution is -2.33. The molecule has 0 aromatic heterocycles. The molecule has 3 aromatic rings. The maximum absolute atomic E-state index is 14.5. The van der Waals surface area contributed by atoms with Crippen molar-refractivity contribution in [2.75, 3.05) is 10.2 Å². The van der Waals surface area contributed by atoms with E-state index in [0.29, 0.717) is 17.0 Å². The van der Waals surface area contributed by atoms with Gasteiger partial charge in [-0.15, -0.1) is 0 Å². The van der Waals surface area contributed by atoms with Crippen LogP contribution in [-0.4, -0.2) is 17.9 Å². The number of carbonyl (C=O) groups excluding carboxylic acids is 2. The highest BCUT2D eigenvalue weighted by atomic mass is 19.1. The van der Waals surface area contributed by atoms with Gasteiger partial charge in [-0.2, -0.15) is 0 Å². The predicted molar refractivity (Wildman–Crippen MR) is 128 cm³/mol. The molecule has 168 valence electrons. The Hall–Kier alpha value is -3.93. The van der Waals surface area contributed by atoms with Crippen LogP contribution in [0.2, 0.25) is 0 Å². The molecule has 0 spiro atoms. The Morgan fingerprint density at radius 2 is 1.58 bits per heavy atom. The quantitative estimate of drug-likeness (QED) is 0.501. The van der Waals surface area contributed by atoms with E-state index in [4.69, 9.17) is 4.74 Å². The number of imide groups is 1. The van der Waals surface area contributed by atoms with Crippen molar-refractivity contribution < 1.29 is 18.7 Å². The molecule has 5 nitrogen and oxygen atoms in total. The van der Waals surface area contributed by atoms with Gasteiger partial charge in [0.15, 0.2) is 0 Å². The van der Waals surface area contributed by atoms with Crippen molar-refractivity contribution >= 4 is 28.8 Å². The molecular formula is C27H25FN2O3. The van der Waals surface area contributed by atoms with Crippen LogP contribution in [0.15, 0.2) is 72.4 Å². The number of nitrogens with zero attached hydrogens (tertiary/aromatic N) is 1. The summed E-state index contributed by atoms with van der Waals surface area (Å²) < 4.78 is 20.2. The van der Waals surface area contributed by atoms with Crippen molar-refractivity contribution in [1.29, 1.82) is 0 Å². The normalized spacial score (nSPS) is 13.8. The molecule has 0 atom stereocenters. The van der Waals surface area contributed by atoms with Crippen LogP contribution >= 0.6 is 0 Å². The van der Waals surface area contributed by atoms with E-state index in [-0.39, 0.29) is 23.1 Å². The first-order valence-electron chi connectivity index (χ1n) is 10.7. The van der Waals surface area contributed by atoms with Crippen molar-refractivity contribution in [1.82, 2.24) is 0 Å². The van der Waals surface area contributed by atoms with Crippen LogP contribution in [0.3, 0.4) is 0 Å². The summed E-state index contributed by atoms with van der Waals surface area (Å²) >= 11 is 0. The first kappa shape index (κ1) is 22.3. The smallest absolute Gasteiger partial charge is 0.282 e. The Labute approximate surface area is 192 Å². The van der Waals surface area contributed by atoms with Crippen LogP contribution in [0, 0.1) is 19.7 Å². The third-order valence-electron chi connectivity index (χ3n) is 5.47. The summed E-state index contributed by atoms with van der Waals surface area (Å²) in [6.07, 6.45) is 0.0336. The molecule has 0 radical (unpaired) electrons. The number of carbonyl (C=O) groups is 2. The molecule has 4 rings (SSSR count). The zero-order chi connectivity index (χ0) is 23.7. The minimum atomic E-state index is -0.643. The first-order valence-corrected chi connectivity index (χ1v) is 10.7. The van der Waals surface area contributed by atoms with Gasteiger partial charge in [0.05, 0.1) is 17.4 Å². The fourth-order valence-corrected chi connectivity index (χ4v) is 3.70. The Balaban J connectivity index is 1.78. The Morgan fingerprint density at radius 1 is 0.879 bits per heavy atom. The van der Waals surface area contributed by atoms with Crippen molar-refractivity contribution in [3.63, 3.8) is 0 Å². The SMILES string of the molecule is Cc1ccc(C2=C(Nc3ccc(OC(C)C)cc3)C(=O)N(c3ccccc3F)C2=O)cc1C. The summed E-state index contributed by atoms with van der Waals surface area (Å²) in [4.78, 5) is 27.8. The number of para-hydroxylation sites is 1. The number of ether oxygens (including phenoxy) is 1. The van der Waals surface area contributed by atoms with Crippen molar-refractivity contribution in [2.45, 2.75) is 33.8 Å². The zero-order valence-electron chi connectivity index (χ0n) is 19.0. The van der Waals surface area contributed by atoms with E-state index in [1.54, 1.807) is 36.4 Å². The van der Waals surface area contributed by atoms with Gasteiger partial charge in [0.25, 0.3) is 11.8 Å². The zero-order valence-corrected chi connectivity index (χ0v) is 19.0. The number of hydrogen-bond acceptors (Lipinski definition) is 4. The second-order valence-electron chi connectivity index (χ2n) is 8.26.